The standard InChI is InChI=1S/C14H14ClNO5S/c1-8-3-4-11(6-13(8)15)22(19,20)16-7-10-5-12(14(17)18)9(2)21-10/h3-6,16H,7H2,1-2H3,(H,17,18). The number of hydrogen-bond acceptors (Lipinski definition) is 4. The summed E-state index contributed by atoms with van der Waals surface area (Å²) in [6.45, 7) is 3.12. The Hall–Kier alpha value is -1.83. The van der Waals surface area contributed by atoms with Gasteiger partial charge in [-0.2, -0.15) is 0 Å². The molecule has 0 saturated heterocycles. The highest BCUT2D eigenvalue weighted by molar-refractivity contribution is 7.89. The number of carboxylic acids is 1. The van der Waals surface area contributed by atoms with Crippen molar-refractivity contribution in [3.05, 3.63) is 51.9 Å². The van der Waals surface area contributed by atoms with Gasteiger partial charge in [-0.15, -0.1) is 0 Å². The van der Waals surface area contributed by atoms with Crippen molar-refractivity contribution >= 4 is 27.6 Å². The van der Waals surface area contributed by atoms with E-state index in [0.717, 1.165) is 5.56 Å². The number of aryl methyl sites for hydroxylation is 2. The Kier molecular flexibility index (Phi) is 4.60. The van der Waals surface area contributed by atoms with Crippen LogP contribution in [0, 0.1) is 13.8 Å². The molecule has 0 saturated carbocycles. The highest BCUT2D eigenvalue weighted by atomic mass is 35.5. The van der Waals surface area contributed by atoms with Gasteiger partial charge in [0, 0.05) is 5.02 Å². The zero-order chi connectivity index (χ0) is 16.5. The molecule has 0 radical (unpaired) electrons. The van der Waals surface area contributed by atoms with Crippen LogP contribution in [0.15, 0.2) is 33.6 Å². The van der Waals surface area contributed by atoms with Gasteiger partial charge in [-0.25, -0.2) is 17.9 Å². The molecule has 8 heteroatoms. The van der Waals surface area contributed by atoms with E-state index >= 15 is 0 Å². The quantitative estimate of drug-likeness (QED) is 0.870. The fourth-order valence-corrected chi connectivity index (χ4v) is 3.10. The Balaban J connectivity index is 2.17. The second-order valence-electron chi connectivity index (χ2n) is 4.72. The molecule has 118 valence electrons. The average Bonchev–Trinajstić information content (AvgIpc) is 2.81. The summed E-state index contributed by atoms with van der Waals surface area (Å²) in [5, 5.41) is 9.28. The Morgan fingerprint density at radius 2 is 2.00 bits per heavy atom. The molecule has 1 aromatic carbocycles. The number of rotatable bonds is 5. The number of nitrogens with one attached hydrogen (secondary N) is 1. The maximum absolute atomic E-state index is 12.2. The topological polar surface area (TPSA) is 96.6 Å². The first kappa shape index (κ1) is 16.5. The first-order chi connectivity index (χ1) is 10.2. The van der Waals surface area contributed by atoms with Crippen LogP contribution in [0.1, 0.15) is 27.4 Å². The van der Waals surface area contributed by atoms with Crippen molar-refractivity contribution in [2.24, 2.45) is 0 Å². The van der Waals surface area contributed by atoms with E-state index in [1.54, 1.807) is 13.0 Å². The zero-order valence-electron chi connectivity index (χ0n) is 11.9. The molecule has 2 rings (SSSR count). The Labute approximate surface area is 132 Å². The number of sulfonamides is 1. The fourth-order valence-electron chi connectivity index (χ4n) is 1.83. The number of benzene rings is 1. The predicted octanol–water partition coefficient (Wildman–Crippen LogP) is 2.73. The van der Waals surface area contributed by atoms with E-state index in [1.165, 1.54) is 25.1 Å². The van der Waals surface area contributed by atoms with Crippen LogP contribution in [0.4, 0.5) is 0 Å². The molecule has 0 amide bonds. The van der Waals surface area contributed by atoms with Gasteiger partial charge in [0.25, 0.3) is 0 Å². The number of halogens is 1. The lowest BCUT2D eigenvalue weighted by atomic mass is 10.2. The van der Waals surface area contributed by atoms with Gasteiger partial charge in [0.15, 0.2) is 0 Å². The zero-order valence-corrected chi connectivity index (χ0v) is 13.5. The molecule has 2 aromatic rings. The van der Waals surface area contributed by atoms with E-state index in [-0.39, 0.29) is 28.5 Å². The van der Waals surface area contributed by atoms with E-state index in [1.807, 2.05) is 0 Å². The average molecular weight is 344 g/mol. The number of hydrogen-bond donors (Lipinski definition) is 2. The summed E-state index contributed by atoms with van der Waals surface area (Å²) in [5.41, 5.74) is 0.779. The maximum Gasteiger partial charge on any atom is 0.339 e. The minimum atomic E-state index is -3.76. The summed E-state index contributed by atoms with van der Waals surface area (Å²) in [6, 6.07) is 5.70. The predicted molar refractivity (Wildman–Crippen MR) is 80.6 cm³/mol. The van der Waals surface area contributed by atoms with Crippen molar-refractivity contribution in [3.8, 4) is 0 Å². The molecular weight excluding hydrogens is 330 g/mol. The number of carboxylic acid groups (broad SMARTS) is 1. The van der Waals surface area contributed by atoms with Gasteiger partial charge in [0.2, 0.25) is 10.0 Å². The molecule has 6 nitrogen and oxygen atoms in total. The van der Waals surface area contributed by atoms with Crippen LogP contribution < -0.4 is 4.72 Å². The van der Waals surface area contributed by atoms with Crippen LogP contribution in [0.25, 0.3) is 0 Å². The van der Waals surface area contributed by atoms with Crippen LogP contribution in [0.2, 0.25) is 5.02 Å². The Morgan fingerprint density at radius 3 is 2.55 bits per heavy atom. The monoisotopic (exact) mass is 343 g/mol. The maximum atomic E-state index is 12.2. The fraction of sp³-hybridized carbons (Fsp3) is 0.214. The van der Waals surface area contributed by atoms with Gasteiger partial charge in [-0.1, -0.05) is 17.7 Å². The molecule has 0 aliphatic heterocycles. The lowest BCUT2D eigenvalue weighted by Gasteiger charge is -2.06. The first-order valence-corrected chi connectivity index (χ1v) is 8.15. The van der Waals surface area contributed by atoms with Crippen molar-refractivity contribution < 1.29 is 22.7 Å². The van der Waals surface area contributed by atoms with E-state index < -0.39 is 16.0 Å². The van der Waals surface area contributed by atoms with Gasteiger partial charge in [0.05, 0.1) is 11.4 Å². The summed E-state index contributed by atoms with van der Waals surface area (Å²) in [7, 11) is -3.76. The minimum absolute atomic E-state index is 0.00702. The molecule has 0 unspecified atom stereocenters. The van der Waals surface area contributed by atoms with Crippen molar-refractivity contribution in [2.45, 2.75) is 25.3 Å². The molecule has 22 heavy (non-hydrogen) atoms. The largest absolute Gasteiger partial charge is 0.478 e. The van der Waals surface area contributed by atoms with Gasteiger partial charge in [-0.05, 0) is 37.6 Å². The molecule has 0 atom stereocenters. The van der Waals surface area contributed by atoms with E-state index in [0.29, 0.717) is 5.02 Å². The molecular formula is C14H14ClNO5S. The van der Waals surface area contributed by atoms with Crippen LogP contribution in [0.5, 0.6) is 0 Å². The second kappa shape index (κ2) is 6.12. The second-order valence-corrected chi connectivity index (χ2v) is 6.90. The van der Waals surface area contributed by atoms with Crippen LogP contribution in [0.3, 0.4) is 0 Å². The van der Waals surface area contributed by atoms with Crippen molar-refractivity contribution in [3.63, 3.8) is 0 Å². The Morgan fingerprint density at radius 1 is 1.32 bits per heavy atom. The summed E-state index contributed by atoms with van der Waals surface area (Å²) in [4.78, 5) is 10.9. The molecule has 0 aliphatic carbocycles. The molecule has 1 heterocycles. The van der Waals surface area contributed by atoms with Crippen LogP contribution in [-0.2, 0) is 16.6 Å². The summed E-state index contributed by atoms with van der Waals surface area (Å²) < 4.78 is 31.9. The summed E-state index contributed by atoms with van der Waals surface area (Å²) in [5.74, 6) is -0.683. The van der Waals surface area contributed by atoms with Crippen molar-refractivity contribution in [1.82, 2.24) is 4.72 Å². The third kappa shape index (κ3) is 3.49. The lowest BCUT2D eigenvalue weighted by Crippen LogP contribution is -2.23. The highest BCUT2D eigenvalue weighted by Gasteiger charge is 2.18. The molecule has 0 bridgehead atoms. The number of carbonyl (C=O) groups is 1. The SMILES string of the molecule is Cc1ccc(S(=O)(=O)NCc2cc(C(=O)O)c(C)o2)cc1Cl. The smallest absolute Gasteiger partial charge is 0.339 e. The summed E-state index contributed by atoms with van der Waals surface area (Å²) in [6.07, 6.45) is 0. The van der Waals surface area contributed by atoms with Crippen molar-refractivity contribution in [2.75, 3.05) is 0 Å². The third-order valence-corrected chi connectivity index (χ3v) is 4.90. The van der Waals surface area contributed by atoms with Gasteiger partial charge < -0.3 is 9.52 Å². The normalized spacial score (nSPS) is 11.6. The van der Waals surface area contributed by atoms with Gasteiger partial charge >= 0.3 is 5.97 Å². The van der Waals surface area contributed by atoms with E-state index in [2.05, 4.69) is 4.72 Å². The van der Waals surface area contributed by atoms with Crippen LogP contribution >= 0.6 is 11.6 Å². The molecule has 0 fully saturated rings. The molecule has 0 aliphatic rings. The Bertz CT molecular complexity index is 826. The summed E-state index contributed by atoms with van der Waals surface area (Å²) >= 11 is 5.92. The van der Waals surface area contributed by atoms with Crippen LogP contribution in [-0.4, -0.2) is 19.5 Å². The lowest BCUT2D eigenvalue weighted by molar-refractivity contribution is 0.0695. The van der Waals surface area contributed by atoms with E-state index in [4.69, 9.17) is 21.1 Å². The molecule has 0 spiro atoms. The number of furan rings is 1. The highest BCUT2D eigenvalue weighted by Crippen LogP contribution is 2.20. The third-order valence-electron chi connectivity index (χ3n) is 3.09. The molecule has 2 N–H and O–H groups in total. The van der Waals surface area contributed by atoms with Gasteiger partial charge in [0.1, 0.15) is 17.1 Å². The first-order valence-electron chi connectivity index (χ1n) is 6.29. The number of aromatic carboxylic acids is 1. The van der Waals surface area contributed by atoms with Gasteiger partial charge in [-0.3, -0.25) is 0 Å². The van der Waals surface area contributed by atoms with E-state index in [9.17, 15) is 13.2 Å². The molecule has 1 aromatic heterocycles. The minimum Gasteiger partial charge on any atom is -0.478 e. The van der Waals surface area contributed by atoms with Crippen molar-refractivity contribution in [1.29, 1.82) is 0 Å².